The summed E-state index contributed by atoms with van der Waals surface area (Å²) in [6.45, 7) is 0. The first-order valence-electron chi connectivity index (χ1n) is 5.85. The van der Waals surface area contributed by atoms with Crippen LogP contribution in [0.3, 0.4) is 0 Å². The van der Waals surface area contributed by atoms with E-state index in [9.17, 15) is 0 Å². The number of H-pyrrole nitrogens is 2. The van der Waals surface area contributed by atoms with Gasteiger partial charge >= 0.3 is 0 Å². The number of ether oxygens (including phenoxy) is 3. The van der Waals surface area contributed by atoms with Gasteiger partial charge in [-0.05, 0) is 36.6 Å². The van der Waals surface area contributed by atoms with E-state index in [1.54, 1.807) is 39.7 Å². The number of hydrogen-bond donors (Lipinski definition) is 2. The Balaban J connectivity index is 2.50. The minimum Gasteiger partial charge on any atom is -0.493 e. The van der Waals surface area contributed by atoms with E-state index in [4.69, 9.17) is 38.6 Å². The average Bonchev–Trinajstić information content (AvgIpc) is 2.82. The highest BCUT2D eigenvalue weighted by atomic mass is 32.1. The highest BCUT2D eigenvalue weighted by Crippen LogP contribution is 2.38. The minimum absolute atomic E-state index is 0.371. The van der Waals surface area contributed by atoms with E-state index in [1.807, 2.05) is 0 Å². The molecule has 112 valence electrons. The zero-order chi connectivity index (χ0) is 15.4. The Morgan fingerprint density at radius 3 is 2.14 bits per heavy atom. The molecule has 0 aliphatic heterocycles. The lowest BCUT2D eigenvalue weighted by atomic mass is 10.2. The number of nitrogens with zero attached hydrogens (tertiary/aromatic N) is 2. The van der Waals surface area contributed by atoms with Crippen molar-refractivity contribution in [1.82, 2.24) is 14.9 Å². The lowest BCUT2D eigenvalue weighted by molar-refractivity contribution is 0.324. The second kappa shape index (κ2) is 6.55. The quantitative estimate of drug-likeness (QED) is 0.652. The Morgan fingerprint density at radius 1 is 1.00 bits per heavy atom. The second-order valence-corrected chi connectivity index (χ2v) is 4.61. The molecule has 2 N–H and O–H groups in total. The van der Waals surface area contributed by atoms with Gasteiger partial charge in [-0.2, -0.15) is 9.78 Å². The fraction of sp³-hybridized carbons (Fsp3) is 0.250. The zero-order valence-electron chi connectivity index (χ0n) is 11.7. The minimum atomic E-state index is 0.371. The molecule has 1 aromatic carbocycles. The summed E-state index contributed by atoms with van der Waals surface area (Å²) in [6.07, 6.45) is 1.58. The van der Waals surface area contributed by atoms with Crippen molar-refractivity contribution in [3.05, 3.63) is 27.2 Å². The van der Waals surface area contributed by atoms with Crippen molar-refractivity contribution in [3.63, 3.8) is 0 Å². The van der Waals surface area contributed by atoms with Crippen molar-refractivity contribution in [2.45, 2.75) is 0 Å². The Morgan fingerprint density at radius 2 is 1.62 bits per heavy atom. The molecule has 0 bridgehead atoms. The molecule has 0 amide bonds. The first-order valence-corrected chi connectivity index (χ1v) is 6.67. The summed E-state index contributed by atoms with van der Waals surface area (Å²) >= 11 is 10.1. The van der Waals surface area contributed by atoms with Crippen molar-refractivity contribution in [3.8, 4) is 17.2 Å². The summed E-state index contributed by atoms with van der Waals surface area (Å²) in [5.41, 5.74) is 0.702. The molecule has 1 heterocycles. The molecule has 0 fully saturated rings. The molecular weight excluding hydrogens is 312 g/mol. The molecule has 0 saturated carbocycles. The van der Waals surface area contributed by atoms with Crippen LogP contribution in [-0.4, -0.2) is 42.4 Å². The summed E-state index contributed by atoms with van der Waals surface area (Å²) in [5, 5.41) is 9.62. The Labute approximate surface area is 131 Å². The number of hydrogen-bond acceptors (Lipinski definition) is 6. The predicted molar refractivity (Wildman–Crippen MR) is 83.9 cm³/mol. The molecule has 7 nitrogen and oxygen atoms in total. The molecule has 21 heavy (non-hydrogen) atoms. The SMILES string of the molecule is COc1ccc(/C=N\n2c(=S)[nH][nH]c2=S)c(OC)c1OC. The average molecular weight is 326 g/mol. The molecular formula is C12H14N4O3S2. The van der Waals surface area contributed by atoms with Gasteiger partial charge in [-0.25, -0.2) is 0 Å². The Bertz CT molecular complexity index is 748. The lowest BCUT2D eigenvalue weighted by Gasteiger charge is -2.13. The van der Waals surface area contributed by atoms with Crippen LogP contribution in [0.2, 0.25) is 0 Å². The van der Waals surface area contributed by atoms with Gasteiger partial charge in [0, 0.05) is 5.56 Å². The molecule has 0 atom stereocenters. The largest absolute Gasteiger partial charge is 0.493 e. The third-order valence-corrected chi connectivity index (χ3v) is 3.26. The highest BCUT2D eigenvalue weighted by Gasteiger charge is 2.14. The predicted octanol–water partition coefficient (Wildman–Crippen LogP) is 2.51. The number of aromatic nitrogens is 3. The maximum Gasteiger partial charge on any atom is 0.215 e. The van der Waals surface area contributed by atoms with Crippen molar-refractivity contribution in [2.24, 2.45) is 5.10 Å². The van der Waals surface area contributed by atoms with Crippen LogP contribution in [0.15, 0.2) is 17.2 Å². The van der Waals surface area contributed by atoms with Crippen LogP contribution in [0, 0.1) is 9.54 Å². The van der Waals surface area contributed by atoms with Crippen molar-refractivity contribution in [1.29, 1.82) is 0 Å². The fourth-order valence-corrected chi connectivity index (χ4v) is 2.19. The molecule has 2 rings (SSSR count). The Kier molecular flexibility index (Phi) is 4.76. The number of benzene rings is 1. The van der Waals surface area contributed by atoms with Crippen molar-refractivity contribution >= 4 is 30.7 Å². The maximum absolute atomic E-state index is 5.37. The molecule has 2 aromatic rings. The van der Waals surface area contributed by atoms with Crippen LogP contribution < -0.4 is 14.2 Å². The number of methoxy groups -OCH3 is 3. The maximum atomic E-state index is 5.37. The molecule has 0 aliphatic carbocycles. The van der Waals surface area contributed by atoms with E-state index in [2.05, 4.69) is 15.3 Å². The second-order valence-electron chi connectivity index (χ2n) is 3.84. The first-order chi connectivity index (χ1) is 10.1. The normalized spacial score (nSPS) is 10.8. The van der Waals surface area contributed by atoms with Crippen molar-refractivity contribution in [2.75, 3.05) is 21.3 Å². The standard InChI is InChI=1S/C12H14N4O3S2/c1-17-8-5-4-7(9(18-2)10(8)19-3)6-13-16-11(20)14-15-12(16)21/h4-6H,1-3H3,(H,14,20)(H,15,21)/b13-6-. The monoisotopic (exact) mass is 326 g/mol. The smallest absolute Gasteiger partial charge is 0.215 e. The zero-order valence-corrected chi connectivity index (χ0v) is 13.3. The van der Waals surface area contributed by atoms with Crippen LogP contribution >= 0.6 is 24.4 Å². The van der Waals surface area contributed by atoms with E-state index in [1.165, 1.54) is 4.68 Å². The van der Waals surface area contributed by atoms with Crippen LogP contribution in [0.4, 0.5) is 0 Å². The fourth-order valence-electron chi connectivity index (χ4n) is 1.76. The molecule has 9 heteroatoms. The van der Waals surface area contributed by atoms with Crippen LogP contribution in [0.1, 0.15) is 5.56 Å². The third kappa shape index (κ3) is 2.98. The number of aromatic amines is 2. The van der Waals surface area contributed by atoms with E-state index >= 15 is 0 Å². The van der Waals surface area contributed by atoms with Gasteiger partial charge in [0.1, 0.15) is 0 Å². The van der Waals surface area contributed by atoms with Gasteiger partial charge in [0.25, 0.3) is 0 Å². The molecule has 0 radical (unpaired) electrons. The third-order valence-electron chi connectivity index (χ3n) is 2.71. The van der Waals surface area contributed by atoms with Gasteiger partial charge in [0.2, 0.25) is 15.3 Å². The summed E-state index contributed by atoms with van der Waals surface area (Å²) in [5.74, 6) is 1.58. The van der Waals surface area contributed by atoms with E-state index < -0.39 is 0 Å². The lowest BCUT2D eigenvalue weighted by Crippen LogP contribution is -1.99. The van der Waals surface area contributed by atoms with Crippen LogP contribution in [0.5, 0.6) is 17.2 Å². The van der Waals surface area contributed by atoms with Crippen LogP contribution in [0.25, 0.3) is 0 Å². The molecule has 0 unspecified atom stereocenters. The van der Waals surface area contributed by atoms with Crippen LogP contribution in [-0.2, 0) is 0 Å². The molecule has 0 spiro atoms. The van der Waals surface area contributed by atoms with E-state index in [-0.39, 0.29) is 0 Å². The van der Waals surface area contributed by atoms with Gasteiger partial charge < -0.3 is 14.2 Å². The van der Waals surface area contributed by atoms with Gasteiger partial charge in [-0.1, -0.05) is 0 Å². The first kappa shape index (κ1) is 15.3. The topological polar surface area (TPSA) is 76.6 Å². The summed E-state index contributed by atoms with van der Waals surface area (Å²) in [6, 6.07) is 3.56. The molecule has 0 saturated heterocycles. The highest BCUT2D eigenvalue weighted by molar-refractivity contribution is 7.72. The molecule has 1 aromatic heterocycles. The molecule has 0 aliphatic rings. The van der Waals surface area contributed by atoms with Gasteiger partial charge in [-0.3, -0.25) is 10.2 Å². The van der Waals surface area contributed by atoms with Gasteiger partial charge in [-0.15, -0.1) is 0 Å². The number of rotatable bonds is 5. The Hall–Kier alpha value is -2.13. The summed E-state index contributed by atoms with van der Waals surface area (Å²) in [7, 11) is 4.65. The van der Waals surface area contributed by atoms with Gasteiger partial charge in [0.15, 0.2) is 11.5 Å². The van der Waals surface area contributed by atoms with E-state index in [0.717, 1.165) is 0 Å². The van der Waals surface area contributed by atoms with Crippen molar-refractivity contribution < 1.29 is 14.2 Å². The van der Waals surface area contributed by atoms with E-state index in [0.29, 0.717) is 32.4 Å². The summed E-state index contributed by atoms with van der Waals surface area (Å²) < 4.78 is 18.0. The number of nitrogens with one attached hydrogen (secondary N) is 2. The summed E-state index contributed by atoms with van der Waals surface area (Å²) in [4.78, 5) is 0. The van der Waals surface area contributed by atoms with Gasteiger partial charge in [0.05, 0.1) is 27.5 Å².